The second-order valence-electron chi connectivity index (χ2n) is 36.1. The number of benzene rings is 3. The summed E-state index contributed by atoms with van der Waals surface area (Å²) < 4.78 is 0. The number of rotatable bonds is 26. The number of para-hydroxylation sites is 2. The highest BCUT2D eigenvalue weighted by Gasteiger charge is 2.46. The van der Waals surface area contributed by atoms with Crippen molar-refractivity contribution in [2.45, 2.75) is 236 Å². The van der Waals surface area contributed by atoms with Gasteiger partial charge in [0.2, 0.25) is 100 Å². The van der Waals surface area contributed by atoms with Crippen LogP contribution in [0.4, 0.5) is 0 Å². The molecule has 5 heterocycles. The maximum atomic E-state index is 15.6. The van der Waals surface area contributed by atoms with Crippen LogP contribution in [-0.4, -0.2) is 339 Å². The number of aromatic hydroxyl groups is 1. The molecule has 3 saturated heterocycles. The molecule has 17 amide bonds. The molecule has 0 radical (unpaired) electrons. The molecule has 0 aliphatic carbocycles. The van der Waals surface area contributed by atoms with Gasteiger partial charge in [-0.15, -0.1) is 11.8 Å². The lowest BCUT2D eigenvalue weighted by Gasteiger charge is -2.36. The molecule has 3 aromatic carbocycles. The van der Waals surface area contributed by atoms with E-state index >= 15 is 28.8 Å². The molecule has 1 unspecified atom stereocenters. The Morgan fingerprint density at radius 1 is 0.552 bits per heavy atom. The number of fused-ring (bicyclic) bond motifs is 4. The SMILES string of the molecule is CCCC[C@H]1C(=O)N(C)[C@@H](CCCC)C(=O)N[C@@H](CC(C)C)C(=O)N[C@H](C(=O)NCC(=O)N(C)CCCN(C)C)CSCC(=O)N[C@@H](Cc2ccc(O)cc2)C(=O)N(C)[C@@H](C)C(=O)N[C@@H](CC(N)=O)C(=O)N2CCC[C@H]2C(=O)N[C@@H](CN)C(=O)N[C@@H](CC(C)C)C(=O)N2C[C@H](O)C[C@H]2C(=O)N[C@@H](Cc2c[nH]c3ccccc23)C(=O)NCC(=O)NC(Cc2c[nH]c3ccccc23)C(=O)N1C. The van der Waals surface area contributed by atoms with Gasteiger partial charge in [-0.1, -0.05) is 116 Å². The van der Waals surface area contributed by atoms with Gasteiger partial charge in [-0.3, -0.25) is 81.5 Å². The first-order valence-corrected chi connectivity index (χ1v) is 47.2. The van der Waals surface area contributed by atoms with Crippen LogP contribution in [0.1, 0.15) is 149 Å². The van der Waals surface area contributed by atoms with Gasteiger partial charge in [0, 0.05) is 120 Å². The van der Waals surface area contributed by atoms with Crippen LogP contribution in [0.2, 0.25) is 0 Å². The van der Waals surface area contributed by atoms with E-state index in [9.17, 15) is 63.0 Å². The van der Waals surface area contributed by atoms with Gasteiger partial charge in [-0.25, -0.2) is 0 Å². The van der Waals surface area contributed by atoms with Crippen molar-refractivity contribution in [3.05, 3.63) is 102 Å². The molecule has 3 fully saturated rings. The number of nitrogens with one attached hydrogen (secondary N) is 12. The van der Waals surface area contributed by atoms with Crippen LogP contribution < -0.4 is 64.6 Å². The van der Waals surface area contributed by atoms with Crippen LogP contribution in [0.3, 0.4) is 0 Å². The number of carbonyl (C=O) groups excluding carboxylic acids is 17. The lowest BCUT2D eigenvalue weighted by molar-refractivity contribution is -0.149. The summed E-state index contributed by atoms with van der Waals surface area (Å²) in [5, 5.41) is 50.0. The number of nitrogens with zero attached hydrogens (tertiary/aromatic N) is 7. The van der Waals surface area contributed by atoms with Crippen molar-refractivity contribution in [1.82, 2.24) is 97.4 Å². The average Bonchev–Trinajstić information content (AvgIpc) is 1.54. The van der Waals surface area contributed by atoms with Gasteiger partial charge in [-0.2, -0.15) is 0 Å². The van der Waals surface area contributed by atoms with Crippen LogP contribution in [0.25, 0.3) is 21.8 Å². The highest BCUT2D eigenvalue weighted by atomic mass is 32.2. The third kappa shape index (κ3) is 30.4. The normalized spacial score (nSPS) is 24.4. The number of aromatic nitrogens is 2. The molecule has 41 heteroatoms. The van der Waals surface area contributed by atoms with Gasteiger partial charge in [-0.05, 0) is 125 Å². The molecule has 0 bridgehead atoms. The molecule has 14 atom stereocenters. The monoisotopic (exact) mass is 1880 g/mol. The van der Waals surface area contributed by atoms with Gasteiger partial charge >= 0.3 is 0 Å². The summed E-state index contributed by atoms with van der Waals surface area (Å²) in [5.74, 6) is -16.0. The summed E-state index contributed by atoms with van der Waals surface area (Å²) >= 11 is 0.841. The Labute approximate surface area is 785 Å². The maximum absolute atomic E-state index is 15.6. The molecule has 0 saturated carbocycles. The summed E-state index contributed by atoms with van der Waals surface area (Å²) in [6, 6.07) is 1.01. The first kappa shape index (κ1) is 107. The van der Waals surface area contributed by atoms with Crippen LogP contribution in [0, 0.1) is 11.8 Å². The van der Waals surface area contributed by atoms with Gasteiger partial charge in [0.1, 0.15) is 84.3 Å². The standard InChI is InChI=1S/C93H137N21O19S/c1-14-16-28-73-86(126)102-65(38-53(3)4)84(124)107-72(83(123)99-49-80(120)109(10)36-23-35-108(8)9)51-134-52-79(119)101-68(40-56-31-33-59(115)34-32-56)89(129)110(11)55(7)81(121)104-70(44-77(95)117)91(131)113-37-22-30-74(113)87(127)106-71(45-94)85(125)105-67(39-54(5)6)92(132)114-50-60(116)43-76(114)88(128)103-66(41-57-46-96-63-26-20-18-24-61(57)63)82(122)98-48-78(118)100-69(42-58-47-97-64-27-21-19-25-62(58)64)90(130)112(13)75(29-17-15-2)93(133)111(73)12/h18-21,24-27,31-34,46-47,53-55,60,65-76,96-97,115-116H,14-17,22-23,28-30,35-45,48-52,94H2,1-13H3,(H2,95,117)(H,98,122)(H,99,123)(H,100,118)(H,101,119)(H,102,126)(H,103,128)(H,104,121)(H,105,125)(H,106,127)(H,107,124)/t55-,60+,65-,66-,67-,68-,69?,70-,71-,72-,73-,74-,75-,76-/m0/s1. The second kappa shape index (κ2) is 51.3. The van der Waals surface area contributed by atoms with Crippen molar-refractivity contribution >= 4 is 134 Å². The number of aliphatic hydroxyl groups is 1. The third-order valence-electron chi connectivity index (χ3n) is 24.4. The van der Waals surface area contributed by atoms with Gasteiger partial charge < -0.3 is 119 Å². The van der Waals surface area contributed by atoms with Gasteiger partial charge in [0.15, 0.2) is 0 Å². The van der Waals surface area contributed by atoms with E-state index in [0.29, 0.717) is 83.7 Å². The average molecular weight is 1890 g/mol. The number of primary amides is 1. The minimum Gasteiger partial charge on any atom is -0.508 e. The highest BCUT2D eigenvalue weighted by molar-refractivity contribution is 8.00. The van der Waals surface area contributed by atoms with Gasteiger partial charge in [0.25, 0.3) is 0 Å². The lowest BCUT2D eigenvalue weighted by Crippen LogP contribution is -2.61. The summed E-state index contributed by atoms with van der Waals surface area (Å²) in [6.07, 6.45) is 2.98. The molecular weight excluding hydrogens is 1750 g/mol. The molecule has 3 aliphatic heterocycles. The third-order valence-corrected chi connectivity index (χ3v) is 25.5. The fourth-order valence-corrected chi connectivity index (χ4v) is 17.6. The number of likely N-dealkylation sites (N-methyl/N-ethyl adjacent to an activating group) is 4. The van der Waals surface area contributed by atoms with Gasteiger partial charge in [0.05, 0.1) is 31.4 Å². The minimum absolute atomic E-state index is 0.00319. The highest BCUT2D eigenvalue weighted by Crippen LogP contribution is 2.28. The smallest absolute Gasteiger partial charge is 0.246 e. The Balaban J connectivity index is 1.17. The van der Waals surface area contributed by atoms with Crippen molar-refractivity contribution in [3.63, 3.8) is 0 Å². The first-order valence-electron chi connectivity index (χ1n) is 46.0. The van der Waals surface area contributed by atoms with Crippen molar-refractivity contribution in [2.24, 2.45) is 23.3 Å². The molecule has 5 aromatic rings. The maximum Gasteiger partial charge on any atom is 0.246 e. The molecular formula is C93H137N21O19S. The number of hydrogen-bond acceptors (Lipinski definition) is 22. The number of nitrogens with two attached hydrogens (primary N) is 2. The summed E-state index contributed by atoms with van der Waals surface area (Å²) in [4.78, 5) is 266. The first-order chi connectivity index (χ1) is 63.6. The molecule has 3 aliphatic rings. The largest absolute Gasteiger partial charge is 0.508 e. The van der Waals surface area contributed by atoms with Crippen LogP contribution in [0.5, 0.6) is 5.75 Å². The summed E-state index contributed by atoms with van der Waals surface area (Å²) in [7, 11) is 9.39. The number of H-pyrrole nitrogens is 2. The Morgan fingerprint density at radius 3 is 1.69 bits per heavy atom. The topological polar surface area (TPSA) is 557 Å². The van der Waals surface area contributed by atoms with Crippen LogP contribution >= 0.6 is 11.8 Å². The van der Waals surface area contributed by atoms with Crippen molar-refractivity contribution < 1.29 is 91.7 Å². The molecule has 18 N–H and O–H groups in total. The fraction of sp³-hybridized carbons (Fsp3) is 0.581. The van der Waals surface area contributed by atoms with Crippen molar-refractivity contribution in [1.29, 1.82) is 0 Å². The number of aliphatic hydroxyl groups excluding tert-OH is 1. The predicted octanol–water partition coefficient (Wildman–Crippen LogP) is -0.589. The summed E-state index contributed by atoms with van der Waals surface area (Å²) in [5.41, 5.74) is 14.8. The van der Waals surface area contributed by atoms with Crippen molar-refractivity contribution in [3.8, 4) is 5.75 Å². The number of carbonyl (C=O) groups is 17. The predicted molar refractivity (Wildman–Crippen MR) is 502 cm³/mol. The Kier molecular flexibility index (Phi) is 41.0. The number of phenolic OH excluding ortho intramolecular Hbond substituents is 1. The number of unbranched alkanes of at least 4 members (excludes halogenated alkanes) is 2. The molecule has 40 nitrogen and oxygen atoms in total. The molecule has 0 spiro atoms. The van der Waals surface area contributed by atoms with E-state index in [-0.39, 0.29) is 94.1 Å². The Hall–Kier alpha value is -12.2. The number of phenols is 1. The number of hydrogen-bond donors (Lipinski definition) is 16. The molecule has 134 heavy (non-hydrogen) atoms. The minimum atomic E-state index is -1.75. The zero-order valence-electron chi connectivity index (χ0n) is 79.0. The quantitative estimate of drug-likeness (QED) is 0.0329. The van der Waals surface area contributed by atoms with E-state index in [1.165, 1.54) is 67.0 Å². The number of amides is 17. The fourth-order valence-electron chi connectivity index (χ4n) is 16.8. The Bertz CT molecular complexity index is 4950. The van der Waals surface area contributed by atoms with E-state index in [4.69, 9.17) is 11.5 Å². The zero-order chi connectivity index (χ0) is 98.5. The van der Waals surface area contributed by atoms with E-state index in [0.717, 1.165) is 26.5 Å². The molecule has 2 aromatic heterocycles. The second-order valence-corrected chi connectivity index (χ2v) is 37.1. The van der Waals surface area contributed by atoms with E-state index in [1.807, 2.05) is 51.0 Å². The lowest BCUT2D eigenvalue weighted by atomic mass is 9.99. The van der Waals surface area contributed by atoms with Crippen LogP contribution in [0.15, 0.2) is 85.2 Å². The number of thioether (sulfide) groups is 1. The van der Waals surface area contributed by atoms with Crippen molar-refractivity contribution in [2.75, 3.05) is 99.6 Å². The van der Waals surface area contributed by atoms with E-state index < -0.39 is 223 Å². The molecule has 8 rings (SSSR count). The Morgan fingerprint density at radius 2 is 1.08 bits per heavy atom. The van der Waals surface area contributed by atoms with E-state index in [1.54, 1.807) is 77.5 Å². The van der Waals surface area contributed by atoms with E-state index in [2.05, 4.69) is 63.1 Å². The number of aromatic amines is 2. The van der Waals surface area contributed by atoms with Crippen LogP contribution in [-0.2, 0) is 101 Å². The molecule has 734 valence electrons. The summed E-state index contributed by atoms with van der Waals surface area (Å²) in [6.45, 7) is 10.8. The zero-order valence-corrected chi connectivity index (χ0v) is 79.8.